The smallest absolute Gasteiger partial charge is 0.244 e. The molecule has 0 aromatic heterocycles. The molecule has 0 aliphatic heterocycles. The summed E-state index contributed by atoms with van der Waals surface area (Å²) < 4.78 is 37.9. The highest BCUT2D eigenvalue weighted by Gasteiger charge is 2.25. The number of nitrogens with zero attached hydrogens (tertiary/aromatic N) is 1. The van der Waals surface area contributed by atoms with Gasteiger partial charge in [0.05, 0.1) is 25.0 Å². The van der Waals surface area contributed by atoms with Crippen molar-refractivity contribution in [1.29, 1.82) is 0 Å². The predicted octanol–water partition coefficient (Wildman–Crippen LogP) is 3.22. The van der Waals surface area contributed by atoms with Crippen LogP contribution >= 0.6 is 11.8 Å². The average Bonchev–Trinajstić information content (AvgIpc) is 2.61. The van der Waals surface area contributed by atoms with Gasteiger partial charge in [-0.15, -0.1) is 11.8 Å². The number of sulfonamides is 1. The van der Waals surface area contributed by atoms with E-state index in [0.717, 1.165) is 5.56 Å². The Balaban J connectivity index is 2.37. The van der Waals surface area contributed by atoms with E-state index >= 15 is 0 Å². The highest BCUT2D eigenvalue weighted by atomic mass is 32.2. The van der Waals surface area contributed by atoms with Crippen LogP contribution in [0.4, 0.5) is 0 Å². The van der Waals surface area contributed by atoms with Gasteiger partial charge in [-0.2, -0.15) is 4.31 Å². The summed E-state index contributed by atoms with van der Waals surface area (Å²) in [6.45, 7) is 0.318. The van der Waals surface area contributed by atoms with E-state index in [1.165, 1.54) is 42.4 Å². The minimum atomic E-state index is -3.64. The third-order valence-electron chi connectivity index (χ3n) is 3.47. The van der Waals surface area contributed by atoms with Gasteiger partial charge in [0.2, 0.25) is 10.0 Å². The topological polar surface area (TPSA) is 55.8 Å². The second-order valence-electron chi connectivity index (χ2n) is 5.04. The van der Waals surface area contributed by atoms with Crippen molar-refractivity contribution in [3.8, 4) is 11.5 Å². The molecule has 0 spiro atoms. The Morgan fingerprint density at radius 1 is 1.00 bits per heavy atom. The van der Waals surface area contributed by atoms with Crippen LogP contribution in [-0.4, -0.2) is 39.1 Å². The Kier molecular flexibility index (Phi) is 6.53. The van der Waals surface area contributed by atoms with Gasteiger partial charge < -0.3 is 9.47 Å². The van der Waals surface area contributed by atoms with E-state index in [-0.39, 0.29) is 4.90 Å². The zero-order chi connectivity index (χ0) is 17.6. The van der Waals surface area contributed by atoms with E-state index in [9.17, 15) is 8.42 Å². The molecule has 24 heavy (non-hydrogen) atoms. The molecule has 0 N–H and O–H groups in total. The van der Waals surface area contributed by atoms with E-state index < -0.39 is 10.0 Å². The van der Waals surface area contributed by atoms with Gasteiger partial charge in [-0.05, 0) is 24.0 Å². The van der Waals surface area contributed by atoms with Crippen LogP contribution in [0.15, 0.2) is 53.4 Å². The molecule has 7 heteroatoms. The maximum atomic E-state index is 13.0. The summed E-state index contributed by atoms with van der Waals surface area (Å²) in [5.74, 6) is 1.25. The number of hydrogen-bond acceptors (Lipinski definition) is 5. The monoisotopic (exact) mass is 367 g/mol. The average molecular weight is 367 g/mol. The van der Waals surface area contributed by atoms with Gasteiger partial charge in [-0.1, -0.05) is 30.3 Å². The van der Waals surface area contributed by atoms with Crippen molar-refractivity contribution >= 4 is 21.8 Å². The first-order valence-corrected chi connectivity index (χ1v) is 10.1. The molecule has 0 aliphatic carbocycles. The number of benzene rings is 2. The molecular weight excluding hydrogens is 346 g/mol. The second-order valence-corrected chi connectivity index (χ2v) is 7.81. The predicted molar refractivity (Wildman–Crippen MR) is 97.1 cm³/mol. The lowest BCUT2D eigenvalue weighted by molar-refractivity contribution is 0.353. The number of rotatable bonds is 8. The highest BCUT2D eigenvalue weighted by molar-refractivity contribution is 7.99. The fraction of sp³-hybridized carbons (Fsp3) is 0.294. The first kappa shape index (κ1) is 18.6. The highest BCUT2D eigenvalue weighted by Crippen LogP contribution is 2.31. The summed E-state index contributed by atoms with van der Waals surface area (Å²) >= 11 is 1.46. The Bertz CT molecular complexity index is 763. The van der Waals surface area contributed by atoms with Gasteiger partial charge in [-0.25, -0.2) is 8.42 Å². The minimum Gasteiger partial charge on any atom is -0.493 e. The number of methoxy groups -OCH3 is 2. The third-order valence-corrected chi connectivity index (χ3v) is 5.99. The molecular formula is C17H21NO4S2. The van der Waals surface area contributed by atoms with Crippen LogP contribution in [0.3, 0.4) is 0 Å². The molecule has 2 rings (SSSR count). The lowest BCUT2D eigenvalue weighted by atomic mass is 10.2. The molecule has 0 amide bonds. The second kappa shape index (κ2) is 8.41. The van der Waals surface area contributed by atoms with Crippen LogP contribution in [0.25, 0.3) is 0 Å². The van der Waals surface area contributed by atoms with Crippen molar-refractivity contribution in [3.63, 3.8) is 0 Å². The number of thioether (sulfide) groups is 1. The number of hydrogen-bond donors (Lipinski definition) is 0. The molecule has 0 saturated heterocycles. The molecule has 5 nitrogen and oxygen atoms in total. The summed E-state index contributed by atoms with van der Waals surface area (Å²) in [5, 5.41) is 0. The molecule has 2 aromatic carbocycles. The Morgan fingerprint density at radius 3 is 2.25 bits per heavy atom. The molecule has 0 heterocycles. The maximum absolute atomic E-state index is 13.0. The Labute approximate surface area is 147 Å². The standard InChI is InChI=1S/C17H21NO4S2/c1-21-16-10-9-15(11-17(16)22-2)24(19,20)18(13-23-3)12-14-7-5-4-6-8-14/h4-11H,12-13H2,1-3H3. The zero-order valence-electron chi connectivity index (χ0n) is 13.9. The summed E-state index contributed by atoms with van der Waals surface area (Å²) in [4.78, 5) is 0.185. The molecule has 0 bridgehead atoms. The van der Waals surface area contributed by atoms with Crippen molar-refractivity contribution in [3.05, 3.63) is 54.1 Å². The SMILES string of the molecule is COc1ccc(S(=O)(=O)N(CSC)Cc2ccccc2)cc1OC. The van der Waals surface area contributed by atoms with Gasteiger partial charge in [0.1, 0.15) is 0 Å². The minimum absolute atomic E-state index is 0.185. The van der Waals surface area contributed by atoms with Crippen molar-refractivity contribution in [1.82, 2.24) is 4.31 Å². The van der Waals surface area contributed by atoms with Gasteiger partial charge in [0, 0.05) is 12.6 Å². The van der Waals surface area contributed by atoms with Crippen LogP contribution in [-0.2, 0) is 16.6 Å². The van der Waals surface area contributed by atoms with E-state index in [1.807, 2.05) is 36.6 Å². The number of ether oxygens (including phenoxy) is 2. The van der Waals surface area contributed by atoms with Crippen LogP contribution in [0.1, 0.15) is 5.56 Å². The van der Waals surface area contributed by atoms with E-state index in [2.05, 4.69) is 0 Å². The van der Waals surface area contributed by atoms with Crippen LogP contribution in [0.5, 0.6) is 11.5 Å². The molecule has 0 radical (unpaired) electrons. The van der Waals surface area contributed by atoms with Gasteiger partial charge in [0.25, 0.3) is 0 Å². The van der Waals surface area contributed by atoms with Crippen molar-refractivity contribution < 1.29 is 17.9 Å². The fourth-order valence-corrected chi connectivity index (χ4v) is 4.62. The quantitative estimate of drug-likeness (QED) is 0.671. The summed E-state index contributed by atoms with van der Waals surface area (Å²) in [6, 6.07) is 14.2. The first-order valence-electron chi connectivity index (χ1n) is 7.28. The van der Waals surface area contributed by atoms with Gasteiger partial charge in [0.15, 0.2) is 11.5 Å². The lowest BCUT2D eigenvalue weighted by Gasteiger charge is -2.22. The van der Waals surface area contributed by atoms with Gasteiger partial charge in [-0.3, -0.25) is 0 Å². The molecule has 0 atom stereocenters. The lowest BCUT2D eigenvalue weighted by Crippen LogP contribution is -2.30. The Hall–Kier alpha value is -1.70. The molecule has 0 unspecified atom stereocenters. The fourth-order valence-electron chi connectivity index (χ4n) is 2.26. The molecule has 0 fully saturated rings. The summed E-state index contributed by atoms with van der Waals surface area (Å²) in [6.07, 6.45) is 1.88. The van der Waals surface area contributed by atoms with Gasteiger partial charge >= 0.3 is 0 Å². The Morgan fingerprint density at radius 2 is 1.67 bits per heavy atom. The normalized spacial score (nSPS) is 11.5. The molecule has 2 aromatic rings. The molecule has 0 saturated carbocycles. The molecule has 130 valence electrons. The van der Waals surface area contributed by atoms with E-state index in [0.29, 0.717) is 23.9 Å². The van der Waals surface area contributed by atoms with Crippen molar-refractivity contribution in [2.75, 3.05) is 26.4 Å². The van der Waals surface area contributed by atoms with Crippen molar-refractivity contribution in [2.24, 2.45) is 0 Å². The molecule has 0 aliphatic rings. The van der Waals surface area contributed by atoms with Crippen LogP contribution in [0, 0.1) is 0 Å². The van der Waals surface area contributed by atoms with E-state index in [1.54, 1.807) is 6.07 Å². The van der Waals surface area contributed by atoms with Crippen LogP contribution in [0.2, 0.25) is 0 Å². The zero-order valence-corrected chi connectivity index (χ0v) is 15.6. The van der Waals surface area contributed by atoms with Crippen LogP contribution < -0.4 is 9.47 Å². The summed E-state index contributed by atoms with van der Waals surface area (Å²) in [7, 11) is -0.643. The maximum Gasteiger partial charge on any atom is 0.244 e. The van der Waals surface area contributed by atoms with E-state index in [4.69, 9.17) is 9.47 Å². The third kappa shape index (κ3) is 4.23. The first-order chi connectivity index (χ1) is 11.5. The van der Waals surface area contributed by atoms with Crippen molar-refractivity contribution in [2.45, 2.75) is 11.4 Å². The summed E-state index contributed by atoms with van der Waals surface area (Å²) in [5.41, 5.74) is 0.940. The largest absolute Gasteiger partial charge is 0.493 e.